The van der Waals surface area contributed by atoms with Crippen molar-refractivity contribution in [2.75, 3.05) is 13.1 Å². The second-order valence-electron chi connectivity index (χ2n) is 5.42. The summed E-state index contributed by atoms with van der Waals surface area (Å²) in [5, 5.41) is 4.06. The standard InChI is InChI=1S/C15H19NOS/c1-11(17)18-14-10-15(6-8-16-9-7-15)13-5-3-2-4-12(13)14/h2-5,14,16H,6-10H2,1H3. The van der Waals surface area contributed by atoms with Gasteiger partial charge in [-0.05, 0) is 48.9 Å². The van der Waals surface area contributed by atoms with Crippen LogP contribution in [0.5, 0.6) is 0 Å². The van der Waals surface area contributed by atoms with Crippen molar-refractivity contribution in [3.05, 3.63) is 35.4 Å². The van der Waals surface area contributed by atoms with Gasteiger partial charge < -0.3 is 5.32 Å². The number of hydrogen-bond acceptors (Lipinski definition) is 3. The zero-order chi connectivity index (χ0) is 12.6. The molecule has 3 heteroatoms. The van der Waals surface area contributed by atoms with Gasteiger partial charge in [-0.15, -0.1) is 0 Å². The number of hydrogen-bond donors (Lipinski definition) is 1. The van der Waals surface area contributed by atoms with Gasteiger partial charge in [0.05, 0.1) is 0 Å². The normalized spacial score (nSPS) is 25.1. The molecule has 2 nitrogen and oxygen atoms in total. The molecule has 0 aromatic heterocycles. The van der Waals surface area contributed by atoms with Crippen LogP contribution >= 0.6 is 11.8 Å². The highest BCUT2D eigenvalue weighted by molar-refractivity contribution is 8.13. The Labute approximate surface area is 113 Å². The number of benzene rings is 1. The lowest BCUT2D eigenvalue weighted by Gasteiger charge is -2.35. The highest BCUT2D eigenvalue weighted by Crippen LogP contribution is 2.54. The molecule has 96 valence electrons. The molecular formula is C15H19NOS. The Hall–Kier alpha value is -0.800. The van der Waals surface area contributed by atoms with Crippen LogP contribution in [0.3, 0.4) is 0 Å². The molecule has 0 radical (unpaired) electrons. The Bertz CT molecular complexity index is 465. The third-order valence-corrected chi connectivity index (χ3v) is 5.36. The summed E-state index contributed by atoms with van der Waals surface area (Å²) in [6.45, 7) is 3.89. The first-order valence-corrected chi connectivity index (χ1v) is 7.57. The van der Waals surface area contributed by atoms with Gasteiger partial charge in [0.25, 0.3) is 0 Å². The van der Waals surface area contributed by atoms with Gasteiger partial charge in [0.15, 0.2) is 5.12 Å². The molecule has 0 amide bonds. The Morgan fingerprint density at radius 1 is 1.33 bits per heavy atom. The first kappa shape index (κ1) is 12.2. The molecule has 2 aliphatic rings. The molecule has 1 spiro atoms. The van der Waals surface area contributed by atoms with Crippen LogP contribution in [0.1, 0.15) is 42.6 Å². The lowest BCUT2D eigenvalue weighted by Crippen LogP contribution is -2.38. The van der Waals surface area contributed by atoms with Gasteiger partial charge in [0, 0.05) is 12.2 Å². The second-order valence-corrected chi connectivity index (χ2v) is 6.80. The van der Waals surface area contributed by atoms with Crippen molar-refractivity contribution in [1.29, 1.82) is 0 Å². The van der Waals surface area contributed by atoms with Crippen LogP contribution in [0.15, 0.2) is 24.3 Å². The summed E-state index contributed by atoms with van der Waals surface area (Å²) in [5.41, 5.74) is 3.24. The van der Waals surface area contributed by atoms with Crippen LogP contribution in [0.4, 0.5) is 0 Å². The topological polar surface area (TPSA) is 29.1 Å². The van der Waals surface area contributed by atoms with Crippen molar-refractivity contribution < 1.29 is 4.79 Å². The first-order chi connectivity index (χ1) is 8.71. The predicted molar refractivity (Wildman–Crippen MR) is 75.9 cm³/mol. The number of thioether (sulfide) groups is 1. The van der Waals surface area contributed by atoms with Crippen molar-refractivity contribution in [3.63, 3.8) is 0 Å². The van der Waals surface area contributed by atoms with Crippen LogP contribution in [0, 0.1) is 0 Å². The quantitative estimate of drug-likeness (QED) is 0.842. The van der Waals surface area contributed by atoms with Crippen LogP contribution in [0.25, 0.3) is 0 Å². The van der Waals surface area contributed by atoms with E-state index in [0.717, 1.165) is 19.5 Å². The van der Waals surface area contributed by atoms with E-state index >= 15 is 0 Å². The molecule has 1 heterocycles. The molecule has 1 aromatic carbocycles. The van der Waals surface area contributed by atoms with E-state index in [1.54, 1.807) is 6.92 Å². The molecular weight excluding hydrogens is 242 g/mol. The predicted octanol–water partition coefficient (Wildman–Crippen LogP) is 3.03. The summed E-state index contributed by atoms with van der Waals surface area (Å²) in [6, 6.07) is 8.74. The maximum atomic E-state index is 11.4. The van der Waals surface area contributed by atoms with E-state index in [1.165, 1.54) is 35.7 Å². The van der Waals surface area contributed by atoms with Gasteiger partial charge in [-0.25, -0.2) is 0 Å². The molecule has 1 aromatic rings. The minimum absolute atomic E-state index is 0.237. The molecule has 0 saturated carbocycles. The van der Waals surface area contributed by atoms with E-state index in [0.29, 0.717) is 10.7 Å². The van der Waals surface area contributed by atoms with E-state index in [1.807, 2.05) is 0 Å². The van der Waals surface area contributed by atoms with Crippen LogP contribution in [0.2, 0.25) is 0 Å². The van der Waals surface area contributed by atoms with E-state index in [9.17, 15) is 4.79 Å². The SMILES string of the molecule is CC(=O)SC1CC2(CCNCC2)c2ccccc21. The van der Waals surface area contributed by atoms with Crippen molar-refractivity contribution in [2.45, 2.75) is 36.9 Å². The minimum Gasteiger partial charge on any atom is -0.317 e. The Balaban J connectivity index is 1.98. The second kappa shape index (κ2) is 4.71. The van der Waals surface area contributed by atoms with Crippen molar-refractivity contribution in [3.8, 4) is 0 Å². The molecule has 3 rings (SSSR count). The van der Waals surface area contributed by atoms with Crippen molar-refractivity contribution >= 4 is 16.9 Å². The minimum atomic E-state index is 0.237. The number of nitrogens with one attached hydrogen (secondary N) is 1. The molecule has 0 bridgehead atoms. The van der Waals surface area contributed by atoms with Crippen LogP contribution in [-0.2, 0) is 10.2 Å². The zero-order valence-electron chi connectivity index (χ0n) is 10.7. The van der Waals surface area contributed by atoms with Crippen molar-refractivity contribution in [1.82, 2.24) is 5.32 Å². The first-order valence-electron chi connectivity index (χ1n) is 6.69. The lowest BCUT2D eigenvalue weighted by molar-refractivity contribution is -0.109. The number of carbonyl (C=O) groups excluding carboxylic acids is 1. The summed E-state index contributed by atoms with van der Waals surface area (Å²) >= 11 is 1.51. The van der Waals surface area contributed by atoms with Crippen LogP contribution in [-0.4, -0.2) is 18.2 Å². The van der Waals surface area contributed by atoms with Gasteiger partial charge in [-0.1, -0.05) is 36.0 Å². The molecule has 18 heavy (non-hydrogen) atoms. The number of fused-ring (bicyclic) bond motifs is 2. The van der Waals surface area contributed by atoms with Crippen molar-refractivity contribution in [2.24, 2.45) is 0 Å². The largest absolute Gasteiger partial charge is 0.317 e. The molecule has 1 atom stereocenters. The molecule has 1 N–H and O–H groups in total. The highest BCUT2D eigenvalue weighted by Gasteiger charge is 2.44. The smallest absolute Gasteiger partial charge is 0.186 e. The average molecular weight is 261 g/mol. The van der Waals surface area contributed by atoms with Gasteiger partial charge in [-0.3, -0.25) is 4.79 Å². The fourth-order valence-corrected chi connectivity index (χ4v) is 4.66. The Kier molecular flexibility index (Phi) is 3.20. The highest BCUT2D eigenvalue weighted by atomic mass is 32.2. The van der Waals surface area contributed by atoms with E-state index in [-0.39, 0.29) is 5.12 Å². The fourth-order valence-electron chi connectivity index (χ4n) is 3.52. The average Bonchev–Trinajstić information content (AvgIpc) is 2.65. The maximum absolute atomic E-state index is 11.4. The summed E-state index contributed by atoms with van der Waals surface area (Å²) in [5.74, 6) is 0. The van der Waals surface area contributed by atoms with Gasteiger partial charge in [0.2, 0.25) is 0 Å². The summed E-state index contributed by atoms with van der Waals surface area (Å²) in [6.07, 6.45) is 3.55. The number of carbonyl (C=O) groups is 1. The molecule has 1 unspecified atom stereocenters. The Morgan fingerprint density at radius 2 is 2.06 bits per heavy atom. The fraction of sp³-hybridized carbons (Fsp3) is 0.533. The summed E-state index contributed by atoms with van der Waals surface area (Å²) < 4.78 is 0. The molecule has 1 aliphatic carbocycles. The monoisotopic (exact) mass is 261 g/mol. The number of piperidine rings is 1. The zero-order valence-corrected chi connectivity index (χ0v) is 11.6. The lowest BCUT2D eigenvalue weighted by atomic mass is 9.74. The van der Waals surface area contributed by atoms with Gasteiger partial charge in [0.1, 0.15) is 0 Å². The summed E-state index contributed by atoms with van der Waals surface area (Å²) in [4.78, 5) is 11.4. The maximum Gasteiger partial charge on any atom is 0.186 e. The summed E-state index contributed by atoms with van der Waals surface area (Å²) in [7, 11) is 0. The molecule has 1 saturated heterocycles. The number of rotatable bonds is 1. The van der Waals surface area contributed by atoms with Gasteiger partial charge >= 0.3 is 0 Å². The third kappa shape index (κ3) is 1.99. The van der Waals surface area contributed by atoms with E-state index in [4.69, 9.17) is 0 Å². The van der Waals surface area contributed by atoms with E-state index < -0.39 is 0 Å². The molecule has 1 fully saturated rings. The van der Waals surface area contributed by atoms with Gasteiger partial charge in [-0.2, -0.15) is 0 Å². The van der Waals surface area contributed by atoms with Crippen LogP contribution < -0.4 is 5.32 Å². The Morgan fingerprint density at radius 3 is 2.78 bits per heavy atom. The third-order valence-electron chi connectivity index (χ3n) is 4.32. The molecule has 1 aliphatic heterocycles. The van der Waals surface area contributed by atoms with E-state index in [2.05, 4.69) is 29.6 Å².